The second kappa shape index (κ2) is 8.11. The normalized spacial score (nSPS) is 15.3. The molecule has 1 aromatic heterocycles. The summed E-state index contributed by atoms with van der Waals surface area (Å²) < 4.78 is 0. The molecule has 1 saturated heterocycles. The van der Waals surface area contributed by atoms with Gasteiger partial charge in [0.15, 0.2) is 0 Å². The van der Waals surface area contributed by atoms with Crippen molar-refractivity contribution in [1.82, 2.24) is 14.8 Å². The molecule has 0 amide bonds. The molecule has 1 aliphatic heterocycles. The summed E-state index contributed by atoms with van der Waals surface area (Å²) in [4.78, 5) is 9.34. The third-order valence-electron chi connectivity index (χ3n) is 4.85. The molecule has 1 aromatic carbocycles. The van der Waals surface area contributed by atoms with E-state index in [1.165, 1.54) is 5.56 Å². The zero-order valence-electron chi connectivity index (χ0n) is 15.8. The monoisotopic (exact) mass is 370 g/mol. The lowest BCUT2D eigenvalue weighted by Gasteiger charge is -2.36. The Balaban J connectivity index is 1.83. The van der Waals surface area contributed by atoms with E-state index in [0.717, 1.165) is 48.9 Å². The highest BCUT2D eigenvalue weighted by atomic mass is 35.5. The van der Waals surface area contributed by atoms with Crippen LogP contribution in [0.15, 0.2) is 43.1 Å². The third kappa shape index (κ3) is 4.37. The Morgan fingerprint density at radius 3 is 2.58 bits per heavy atom. The first-order valence-electron chi connectivity index (χ1n) is 9.09. The number of rotatable bonds is 5. The first kappa shape index (κ1) is 18.7. The summed E-state index contributed by atoms with van der Waals surface area (Å²) in [7, 11) is 2.16. The smallest absolute Gasteiger partial charge is 0.130 e. The number of halogens is 1. The van der Waals surface area contributed by atoms with E-state index < -0.39 is 0 Å². The topological polar surface area (TPSA) is 31.4 Å². The van der Waals surface area contributed by atoms with Gasteiger partial charge < -0.3 is 15.1 Å². The van der Waals surface area contributed by atoms with Gasteiger partial charge in [-0.25, -0.2) is 4.98 Å². The first-order chi connectivity index (χ1) is 12.4. The minimum Gasteiger partial charge on any atom is -0.369 e. The maximum atomic E-state index is 6.07. The predicted octanol–water partition coefficient (Wildman–Crippen LogP) is 4.82. The highest BCUT2D eigenvalue weighted by Crippen LogP contribution is 2.30. The van der Waals surface area contributed by atoms with Gasteiger partial charge >= 0.3 is 0 Å². The second-order valence-electron chi connectivity index (χ2n) is 7.18. The van der Waals surface area contributed by atoms with Crippen molar-refractivity contribution in [1.29, 1.82) is 0 Å². The molecule has 0 atom stereocenters. The molecule has 1 N–H and O–H groups in total. The molecule has 5 heteroatoms. The van der Waals surface area contributed by atoms with Gasteiger partial charge in [-0.3, -0.25) is 0 Å². The average Bonchev–Trinajstić information content (AvgIpc) is 2.62. The van der Waals surface area contributed by atoms with E-state index in [1.54, 1.807) is 0 Å². The van der Waals surface area contributed by atoms with Gasteiger partial charge in [0, 0.05) is 54.3 Å². The summed E-state index contributed by atoms with van der Waals surface area (Å²) >= 11 is 6.07. The number of likely N-dealkylation sites (N-methyl/N-ethyl adjacent to an activating group) is 1. The number of hydrogen-bond acceptors (Lipinski definition) is 4. The second-order valence-corrected chi connectivity index (χ2v) is 7.62. The SMILES string of the molecule is C=C(c1cnc(Nc2cccc(Cl)c2)cc1C(C)C)N1CCN(C)CC1. The summed E-state index contributed by atoms with van der Waals surface area (Å²) in [6, 6.07) is 9.80. The van der Waals surface area contributed by atoms with Crippen LogP contribution in [0, 0.1) is 0 Å². The summed E-state index contributed by atoms with van der Waals surface area (Å²) in [5.41, 5.74) is 4.41. The Labute approximate surface area is 161 Å². The number of anilines is 2. The van der Waals surface area contributed by atoms with Crippen molar-refractivity contribution >= 4 is 28.8 Å². The predicted molar refractivity (Wildman–Crippen MR) is 111 cm³/mol. The number of aromatic nitrogens is 1. The Morgan fingerprint density at radius 1 is 1.19 bits per heavy atom. The molecule has 26 heavy (non-hydrogen) atoms. The van der Waals surface area contributed by atoms with Gasteiger partial charge in [-0.15, -0.1) is 0 Å². The fraction of sp³-hybridized carbons (Fsp3) is 0.381. The lowest BCUT2D eigenvalue weighted by Crippen LogP contribution is -2.43. The van der Waals surface area contributed by atoms with Crippen LogP contribution in [0.1, 0.15) is 30.9 Å². The van der Waals surface area contributed by atoms with E-state index in [1.807, 2.05) is 30.5 Å². The Bertz CT molecular complexity index is 779. The van der Waals surface area contributed by atoms with Crippen LogP contribution < -0.4 is 5.32 Å². The van der Waals surface area contributed by atoms with Crippen LogP contribution in [0.2, 0.25) is 5.02 Å². The van der Waals surface area contributed by atoms with Crippen molar-refractivity contribution in [2.45, 2.75) is 19.8 Å². The van der Waals surface area contributed by atoms with Gasteiger partial charge in [-0.05, 0) is 42.8 Å². The average molecular weight is 371 g/mol. The fourth-order valence-electron chi connectivity index (χ4n) is 3.22. The van der Waals surface area contributed by atoms with E-state index >= 15 is 0 Å². The molecular weight excluding hydrogens is 344 g/mol. The number of nitrogens with zero attached hydrogens (tertiary/aromatic N) is 3. The highest BCUT2D eigenvalue weighted by molar-refractivity contribution is 6.30. The molecule has 2 heterocycles. The molecule has 0 bridgehead atoms. The van der Waals surface area contributed by atoms with Crippen molar-refractivity contribution < 1.29 is 0 Å². The molecule has 0 radical (unpaired) electrons. The molecule has 0 unspecified atom stereocenters. The van der Waals surface area contributed by atoms with Crippen LogP contribution in [0.3, 0.4) is 0 Å². The van der Waals surface area contributed by atoms with E-state index in [-0.39, 0.29) is 0 Å². The third-order valence-corrected chi connectivity index (χ3v) is 5.09. The minimum atomic E-state index is 0.386. The lowest BCUT2D eigenvalue weighted by molar-refractivity contribution is 0.207. The Kier molecular flexibility index (Phi) is 5.84. The molecule has 2 aromatic rings. The van der Waals surface area contributed by atoms with Crippen molar-refractivity contribution in [2.24, 2.45) is 0 Å². The van der Waals surface area contributed by atoms with Crippen LogP contribution in [0.5, 0.6) is 0 Å². The van der Waals surface area contributed by atoms with Gasteiger partial charge in [0.1, 0.15) is 5.82 Å². The van der Waals surface area contributed by atoms with Crippen LogP contribution in [0.4, 0.5) is 11.5 Å². The Morgan fingerprint density at radius 2 is 1.92 bits per heavy atom. The van der Waals surface area contributed by atoms with Crippen molar-refractivity contribution in [3.05, 3.63) is 59.3 Å². The van der Waals surface area contributed by atoms with E-state index in [9.17, 15) is 0 Å². The molecule has 138 valence electrons. The molecule has 3 rings (SSSR count). The maximum absolute atomic E-state index is 6.07. The van der Waals surface area contributed by atoms with Crippen molar-refractivity contribution in [2.75, 3.05) is 38.5 Å². The molecule has 0 aliphatic carbocycles. The standard InChI is InChI=1S/C21H27ClN4/c1-15(2)19-13-21(24-18-7-5-6-17(22)12-18)23-14-20(19)16(3)26-10-8-25(4)9-11-26/h5-7,12-15H,3,8-11H2,1-2,4H3,(H,23,24). The fourth-order valence-corrected chi connectivity index (χ4v) is 3.41. The molecular formula is C21H27ClN4. The van der Waals surface area contributed by atoms with Crippen molar-refractivity contribution in [3.8, 4) is 0 Å². The molecule has 0 saturated carbocycles. The number of hydrogen-bond donors (Lipinski definition) is 1. The van der Waals surface area contributed by atoms with E-state index in [2.05, 4.69) is 53.6 Å². The van der Waals surface area contributed by atoms with Gasteiger partial charge in [-0.2, -0.15) is 0 Å². The summed E-state index contributed by atoms with van der Waals surface area (Å²) in [6.45, 7) is 12.9. The first-order valence-corrected chi connectivity index (χ1v) is 9.47. The number of piperazine rings is 1. The van der Waals surface area contributed by atoms with Crippen LogP contribution >= 0.6 is 11.6 Å². The molecule has 0 spiro atoms. The zero-order valence-corrected chi connectivity index (χ0v) is 16.6. The van der Waals surface area contributed by atoms with Crippen LogP contribution in [-0.4, -0.2) is 48.0 Å². The Hall–Kier alpha value is -2.04. The van der Waals surface area contributed by atoms with Gasteiger partial charge in [0.2, 0.25) is 0 Å². The van der Waals surface area contributed by atoms with Crippen LogP contribution in [-0.2, 0) is 0 Å². The summed E-state index contributed by atoms with van der Waals surface area (Å²) in [5, 5.41) is 4.05. The highest BCUT2D eigenvalue weighted by Gasteiger charge is 2.19. The lowest BCUT2D eigenvalue weighted by atomic mass is 9.96. The summed E-state index contributed by atoms with van der Waals surface area (Å²) in [6.07, 6.45) is 1.95. The largest absolute Gasteiger partial charge is 0.369 e. The number of nitrogens with one attached hydrogen (secondary N) is 1. The van der Waals surface area contributed by atoms with Gasteiger partial charge in [-0.1, -0.05) is 38.1 Å². The number of pyridine rings is 1. The molecule has 1 fully saturated rings. The van der Waals surface area contributed by atoms with E-state index in [4.69, 9.17) is 11.6 Å². The number of benzene rings is 1. The minimum absolute atomic E-state index is 0.386. The molecule has 4 nitrogen and oxygen atoms in total. The quantitative estimate of drug-likeness (QED) is 0.817. The summed E-state index contributed by atoms with van der Waals surface area (Å²) in [5.74, 6) is 1.21. The maximum Gasteiger partial charge on any atom is 0.130 e. The van der Waals surface area contributed by atoms with E-state index in [0.29, 0.717) is 10.9 Å². The van der Waals surface area contributed by atoms with Gasteiger partial charge in [0.05, 0.1) is 0 Å². The zero-order chi connectivity index (χ0) is 18.7. The molecule has 1 aliphatic rings. The van der Waals surface area contributed by atoms with Gasteiger partial charge in [0.25, 0.3) is 0 Å². The van der Waals surface area contributed by atoms with Crippen LogP contribution in [0.25, 0.3) is 5.70 Å². The van der Waals surface area contributed by atoms with Crippen molar-refractivity contribution in [3.63, 3.8) is 0 Å².